The summed E-state index contributed by atoms with van der Waals surface area (Å²) in [6, 6.07) is 15.9. The van der Waals surface area contributed by atoms with Crippen molar-refractivity contribution < 1.29 is 4.74 Å². The normalized spacial score (nSPS) is 10.7. The van der Waals surface area contributed by atoms with Gasteiger partial charge in [-0.1, -0.05) is 44.2 Å². The Morgan fingerprint density at radius 1 is 0.962 bits per heavy atom. The van der Waals surface area contributed by atoms with Crippen molar-refractivity contribution >= 4 is 23.1 Å². The topological polar surface area (TPSA) is 59.1 Å². The molecule has 0 aliphatic heterocycles. The number of ether oxygens (including phenoxy) is 1. The minimum atomic E-state index is 0.422. The smallest absolute Gasteiger partial charge is 0.229 e. The fourth-order valence-electron chi connectivity index (χ4n) is 2.83. The van der Waals surface area contributed by atoms with Gasteiger partial charge in [-0.25, -0.2) is 4.98 Å². The van der Waals surface area contributed by atoms with E-state index in [0.717, 1.165) is 22.9 Å². The lowest BCUT2D eigenvalue weighted by Gasteiger charge is -2.17. The number of anilines is 4. The molecule has 0 unspecified atom stereocenters. The summed E-state index contributed by atoms with van der Waals surface area (Å²) in [4.78, 5) is 8.91. The largest absolute Gasteiger partial charge is 0.495 e. The molecule has 0 amide bonds. The van der Waals surface area contributed by atoms with Gasteiger partial charge in [0.25, 0.3) is 0 Å². The second-order valence-electron chi connectivity index (χ2n) is 6.41. The number of hydrogen-bond acceptors (Lipinski definition) is 5. The van der Waals surface area contributed by atoms with Gasteiger partial charge in [-0.3, -0.25) is 0 Å². The highest BCUT2D eigenvalue weighted by Crippen LogP contribution is 2.30. The van der Waals surface area contributed by atoms with Gasteiger partial charge in [0, 0.05) is 11.9 Å². The van der Waals surface area contributed by atoms with Crippen LogP contribution in [0.2, 0.25) is 0 Å². The molecule has 0 spiro atoms. The molecular weight excluding hydrogens is 324 g/mol. The number of rotatable bonds is 6. The quantitative estimate of drug-likeness (QED) is 0.624. The van der Waals surface area contributed by atoms with Crippen LogP contribution >= 0.6 is 0 Å². The summed E-state index contributed by atoms with van der Waals surface area (Å²) in [6.45, 7) is 6.48. The van der Waals surface area contributed by atoms with Gasteiger partial charge < -0.3 is 15.4 Å². The number of hydrogen-bond donors (Lipinski definition) is 2. The molecule has 0 atom stereocenters. The molecule has 0 bridgehead atoms. The first kappa shape index (κ1) is 17.7. The van der Waals surface area contributed by atoms with Crippen molar-refractivity contribution in [3.05, 3.63) is 65.9 Å². The first-order chi connectivity index (χ1) is 12.6. The van der Waals surface area contributed by atoms with Crippen LogP contribution in [0.15, 0.2) is 54.7 Å². The average Bonchev–Trinajstić information content (AvgIpc) is 2.64. The Labute approximate surface area is 154 Å². The van der Waals surface area contributed by atoms with E-state index in [1.807, 2.05) is 30.3 Å². The lowest BCUT2D eigenvalue weighted by Crippen LogP contribution is -2.04. The van der Waals surface area contributed by atoms with E-state index < -0.39 is 0 Å². The lowest BCUT2D eigenvalue weighted by molar-refractivity contribution is 0.417. The molecule has 1 aromatic heterocycles. The van der Waals surface area contributed by atoms with Gasteiger partial charge in [0.15, 0.2) is 0 Å². The number of nitrogens with one attached hydrogen (secondary N) is 2. The summed E-state index contributed by atoms with van der Waals surface area (Å²) in [7, 11) is 1.64. The highest BCUT2D eigenvalue weighted by molar-refractivity contribution is 5.67. The van der Waals surface area contributed by atoms with E-state index in [0.29, 0.717) is 11.9 Å². The van der Waals surface area contributed by atoms with E-state index in [9.17, 15) is 0 Å². The molecule has 0 radical (unpaired) electrons. The second kappa shape index (κ2) is 7.87. The Balaban J connectivity index is 1.87. The zero-order valence-electron chi connectivity index (χ0n) is 15.6. The molecule has 0 aliphatic rings. The molecule has 0 fully saturated rings. The fourth-order valence-corrected chi connectivity index (χ4v) is 2.83. The molecule has 3 rings (SSSR count). The Kier molecular flexibility index (Phi) is 5.37. The van der Waals surface area contributed by atoms with Gasteiger partial charge in [0.05, 0.1) is 12.8 Å². The Morgan fingerprint density at radius 2 is 1.77 bits per heavy atom. The summed E-state index contributed by atoms with van der Waals surface area (Å²) in [6.07, 6.45) is 1.74. The predicted molar refractivity (Wildman–Crippen MR) is 107 cm³/mol. The van der Waals surface area contributed by atoms with Crippen LogP contribution < -0.4 is 15.4 Å². The third kappa shape index (κ3) is 3.94. The first-order valence-electron chi connectivity index (χ1n) is 8.68. The molecule has 0 saturated heterocycles. The third-order valence-corrected chi connectivity index (χ3v) is 4.19. The molecule has 26 heavy (non-hydrogen) atoms. The minimum Gasteiger partial charge on any atom is -0.495 e. The average molecular weight is 348 g/mol. The van der Waals surface area contributed by atoms with E-state index in [4.69, 9.17) is 4.74 Å². The molecule has 3 aromatic rings. The summed E-state index contributed by atoms with van der Waals surface area (Å²) in [5.41, 5.74) is 4.38. The van der Waals surface area contributed by atoms with Crippen LogP contribution in [0.25, 0.3) is 0 Å². The van der Waals surface area contributed by atoms with Gasteiger partial charge in [-0.2, -0.15) is 4.98 Å². The van der Waals surface area contributed by atoms with Gasteiger partial charge in [0.2, 0.25) is 5.95 Å². The minimum absolute atomic E-state index is 0.422. The summed E-state index contributed by atoms with van der Waals surface area (Å²) in [5.74, 6) is 2.42. The summed E-state index contributed by atoms with van der Waals surface area (Å²) >= 11 is 0. The highest BCUT2D eigenvalue weighted by atomic mass is 16.5. The SMILES string of the molecule is COc1ccccc1Nc1nccc(Nc2c(C)cccc2C(C)C)n1. The van der Waals surface area contributed by atoms with Crippen molar-refractivity contribution in [1.82, 2.24) is 9.97 Å². The maximum atomic E-state index is 5.37. The Bertz CT molecular complexity index is 893. The van der Waals surface area contributed by atoms with Crippen LogP contribution in [0.4, 0.5) is 23.1 Å². The Morgan fingerprint density at radius 3 is 2.54 bits per heavy atom. The number of aromatic nitrogens is 2. The van der Waals surface area contributed by atoms with Crippen LogP contribution in [-0.4, -0.2) is 17.1 Å². The zero-order valence-corrected chi connectivity index (χ0v) is 15.6. The van der Waals surface area contributed by atoms with E-state index in [1.54, 1.807) is 13.3 Å². The van der Waals surface area contributed by atoms with E-state index in [-0.39, 0.29) is 0 Å². The van der Waals surface area contributed by atoms with E-state index in [2.05, 4.69) is 59.6 Å². The van der Waals surface area contributed by atoms with Gasteiger partial charge in [-0.15, -0.1) is 0 Å². The van der Waals surface area contributed by atoms with Crippen molar-refractivity contribution in [2.45, 2.75) is 26.7 Å². The number of methoxy groups -OCH3 is 1. The highest BCUT2D eigenvalue weighted by Gasteiger charge is 2.11. The molecule has 2 aromatic carbocycles. The lowest BCUT2D eigenvalue weighted by atomic mass is 9.98. The summed E-state index contributed by atoms with van der Waals surface area (Å²) in [5, 5.41) is 6.67. The van der Waals surface area contributed by atoms with Crippen molar-refractivity contribution in [3.63, 3.8) is 0 Å². The predicted octanol–water partition coefficient (Wildman–Crippen LogP) is 5.40. The summed E-state index contributed by atoms with van der Waals surface area (Å²) < 4.78 is 5.37. The maximum Gasteiger partial charge on any atom is 0.229 e. The van der Waals surface area contributed by atoms with Crippen LogP contribution in [-0.2, 0) is 0 Å². The molecule has 1 heterocycles. The van der Waals surface area contributed by atoms with Crippen molar-refractivity contribution in [2.75, 3.05) is 17.7 Å². The standard InChI is InChI=1S/C21H24N4O/c1-14(2)16-9-7-8-15(3)20(16)24-19-12-13-22-21(25-19)23-17-10-5-6-11-18(17)26-4/h5-14H,1-4H3,(H2,22,23,24,25). The van der Waals surface area contributed by atoms with Crippen molar-refractivity contribution in [3.8, 4) is 5.75 Å². The van der Waals surface area contributed by atoms with Crippen LogP contribution in [0.5, 0.6) is 5.75 Å². The van der Waals surface area contributed by atoms with Gasteiger partial charge in [-0.05, 0) is 42.2 Å². The molecule has 0 aliphatic carbocycles. The van der Waals surface area contributed by atoms with Gasteiger partial charge in [0.1, 0.15) is 11.6 Å². The van der Waals surface area contributed by atoms with Crippen LogP contribution in [0.3, 0.4) is 0 Å². The zero-order chi connectivity index (χ0) is 18.5. The van der Waals surface area contributed by atoms with Crippen molar-refractivity contribution in [1.29, 1.82) is 0 Å². The number of para-hydroxylation sites is 3. The van der Waals surface area contributed by atoms with E-state index >= 15 is 0 Å². The monoisotopic (exact) mass is 348 g/mol. The number of nitrogens with zero attached hydrogens (tertiary/aromatic N) is 2. The first-order valence-corrected chi connectivity index (χ1v) is 8.68. The molecule has 2 N–H and O–H groups in total. The molecule has 134 valence electrons. The van der Waals surface area contributed by atoms with Crippen LogP contribution in [0.1, 0.15) is 30.9 Å². The molecule has 5 heteroatoms. The van der Waals surface area contributed by atoms with Crippen LogP contribution in [0, 0.1) is 6.92 Å². The van der Waals surface area contributed by atoms with E-state index in [1.165, 1.54) is 11.1 Å². The second-order valence-corrected chi connectivity index (χ2v) is 6.41. The molecule has 5 nitrogen and oxygen atoms in total. The Hall–Kier alpha value is -3.08. The molecular formula is C21H24N4O. The third-order valence-electron chi connectivity index (χ3n) is 4.19. The fraction of sp³-hybridized carbons (Fsp3) is 0.238. The molecule has 0 saturated carbocycles. The number of aryl methyl sites for hydroxylation is 1. The maximum absolute atomic E-state index is 5.37. The van der Waals surface area contributed by atoms with Gasteiger partial charge >= 0.3 is 0 Å². The van der Waals surface area contributed by atoms with Crippen molar-refractivity contribution in [2.24, 2.45) is 0 Å². The number of benzene rings is 2.